The second-order valence-corrected chi connectivity index (χ2v) is 6.23. The molecular formula is C21H15N3O4. The Morgan fingerprint density at radius 2 is 1.93 bits per heavy atom. The first-order valence-corrected chi connectivity index (χ1v) is 8.68. The number of imide groups is 1. The topological polar surface area (TPSA) is 100 Å². The van der Waals surface area contributed by atoms with Crippen LogP contribution in [0.5, 0.6) is 0 Å². The molecule has 0 unspecified atom stereocenters. The van der Waals surface area contributed by atoms with Gasteiger partial charge in [0.05, 0.1) is 0 Å². The van der Waals surface area contributed by atoms with E-state index in [0.29, 0.717) is 28.5 Å². The lowest BCUT2D eigenvalue weighted by atomic mass is 9.95. The predicted molar refractivity (Wildman–Crippen MR) is 100 cm³/mol. The molecule has 2 amide bonds. The number of fused-ring (bicyclic) bond motifs is 1. The normalized spacial score (nSPS) is 16.3. The van der Waals surface area contributed by atoms with Crippen LogP contribution in [-0.4, -0.2) is 28.2 Å². The highest BCUT2D eigenvalue weighted by atomic mass is 16.4. The van der Waals surface area contributed by atoms with E-state index in [1.165, 1.54) is 6.08 Å². The van der Waals surface area contributed by atoms with Gasteiger partial charge in [-0.3, -0.25) is 14.5 Å². The van der Waals surface area contributed by atoms with Crippen LogP contribution < -0.4 is 0 Å². The van der Waals surface area contributed by atoms with Gasteiger partial charge in [0, 0.05) is 23.7 Å². The summed E-state index contributed by atoms with van der Waals surface area (Å²) in [5, 5.41) is 9.29. The van der Waals surface area contributed by atoms with Crippen molar-refractivity contribution in [3.63, 3.8) is 0 Å². The fourth-order valence-corrected chi connectivity index (χ4v) is 3.09. The molecule has 1 aliphatic heterocycles. The first-order chi connectivity index (χ1) is 13.5. The van der Waals surface area contributed by atoms with Crippen LogP contribution in [0.25, 0.3) is 28.8 Å². The summed E-state index contributed by atoms with van der Waals surface area (Å²) in [6.45, 7) is 3.43. The van der Waals surface area contributed by atoms with Gasteiger partial charge >= 0.3 is 0 Å². The molecule has 3 aromatic rings. The smallest absolute Gasteiger partial charge is 0.271 e. The molecular weight excluding hydrogens is 358 g/mol. The van der Waals surface area contributed by atoms with Crippen molar-refractivity contribution >= 4 is 29.2 Å². The van der Waals surface area contributed by atoms with Crippen LogP contribution >= 0.6 is 0 Å². The van der Waals surface area contributed by atoms with Gasteiger partial charge < -0.3 is 8.83 Å². The minimum atomic E-state index is -0.577. The summed E-state index contributed by atoms with van der Waals surface area (Å²) in [4.78, 5) is 30.2. The predicted octanol–water partition coefficient (Wildman–Crippen LogP) is 3.70. The molecule has 4 rings (SSSR count). The molecule has 3 heterocycles. The highest BCUT2D eigenvalue weighted by Gasteiger charge is 2.34. The number of oxazole rings is 1. The highest BCUT2D eigenvalue weighted by Crippen LogP contribution is 2.30. The molecule has 0 atom stereocenters. The maximum absolute atomic E-state index is 12.6. The number of benzene rings is 1. The summed E-state index contributed by atoms with van der Waals surface area (Å²) in [5.41, 5.74) is 2.09. The second kappa shape index (κ2) is 6.67. The Hall–Kier alpha value is -3.92. The standard InChI is InChI=1S/C21H15N3O4/c1-3-24-20(25)15(12(2)16(11-22)21(24)26)9-14-10-17-19(27-14)23-18(28-17)13-7-5-4-6-8-13/h4-10H,3H2,1-2H3/b15-9-. The maximum Gasteiger partial charge on any atom is 0.271 e. The van der Waals surface area contributed by atoms with Crippen LogP contribution in [0.2, 0.25) is 0 Å². The van der Waals surface area contributed by atoms with Gasteiger partial charge in [0.25, 0.3) is 17.5 Å². The minimum absolute atomic E-state index is 0.0487. The van der Waals surface area contributed by atoms with E-state index in [0.717, 1.165) is 10.5 Å². The molecule has 0 saturated carbocycles. The molecule has 7 nitrogen and oxygen atoms in total. The van der Waals surface area contributed by atoms with Gasteiger partial charge in [0.2, 0.25) is 5.89 Å². The lowest BCUT2D eigenvalue weighted by molar-refractivity contribution is -0.140. The van der Waals surface area contributed by atoms with Crippen molar-refractivity contribution in [3.05, 3.63) is 58.9 Å². The van der Waals surface area contributed by atoms with E-state index in [2.05, 4.69) is 4.98 Å². The van der Waals surface area contributed by atoms with Crippen LogP contribution in [0.1, 0.15) is 19.6 Å². The molecule has 0 fully saturated rings. The van der Waals surface area contributed by atoms with Gasteiger partial charge in [0.15, 0.2) is 5.58 Å². The van der Waals surface area contributed by atoms with E-state index in [4.69, 9.17) is 8.83 Å². The molecule has 2 aromatic heterocycles. The third-order valence-electron chi connectivity index (χ3n) is 4.56. The first kappa shape index (κ1) is 17.5. The van der Waals surface area contributed by atoms with Crippen molar-refractivity contribution < 1.29 is 18.4 Å². The Labute approximate surface area is 160 Å². The zero-order valence-electron chi connectivity index (χ0n) is 15.2. The molecule has 1 aromatic carbocycles. The molecule has 0 N–H and O–H groups in total. The molecule has 0 aliphatic carbocycles. The molecule has 0 radical (unpaired) electrons. The number of amides is 2. The number of rotatable bonds is 3. The van der Waals surface area contributed by atoms with E-state index in [9.17, 15) is 14.9 Å². The average Bonchev–Trinajstić information content (AvgIpc) is 3.25. The zero-order chi connectivity index (χ0) is 19.8. The minimum Gasteiger partial charge on any atom is -0.436 e. The number of carbonyl (C=O) groups is 2. The number of nitrogens with zero attached hydrogens (tertiary/aromatic N) is 3. The van der Waals surface area contributed by atoms with Gasteiger partial charge in [0.1, 0.15) is 17.4 Å². The van der Waals surface area contributed by atoms with Crippen LogP contribution in [0, 0.1) is 11.3 Å². The van der Waals surface area contributed by atoms with Crippen LogP contribution in [0.3, 0.4) is 0 Å². The van der Waals surface area contributed by atoms with E-state index in [1.54, 1.807) is 19.9 Å². The van der Waals surface area contributed by atoms with Crippen LogP contribution in [0.4, 0.5) is 0 Å². The fourth-order valence-electron chi connectivity index (χ4n) is 3.09. The lowest BCUT2D eigenvalue weighted by Gasteiger charge is -2.25. The Balaban J connectivity index is 1.76. The van der Waals surface area contributed by atoms with Crippen LogP contribution in [-0.2, 0) is 9.59 Å². The van der Waals surface area contributed by atoms with Gasteiger partial charge in [-0.05, 0) is 37.6 Å². The number of hydrogen-bond donors (Lipinski definition) is 0. The van der Waals surface area contributed by atoms with E-state index in [-0.39, 0.29) is 17.7 Å². The molecule has 0 bridgehead atoms. The van der Waals surface area contributed by atoms with Gasteiger partial charge in [-0.2, -0.15) is 10.2 Å². The van der Waals surface area contributed by atoms with Crippen molar-refractivity contribution in [1.29, 1.82) is 5.26 Å². The number of aromatic nitrogens is 1. The molecule has 0 spiro atoms. The van der Waals surface area contributed by atoms with E-state index < -0.39 is 11.8 Å². The highest BCUT2D eigenvalue weighted by molar-refractivity contribution is 6.19. The van der Waals surface area contributed by atoms with Gasteiger partial charge in [-0.15, -0.1) is 0 Å². The number of hydrogen-bond acceptors (Lipinski definition) is 6. The Kier molecular flexibility index (Phi) is 4.17. The molecule has 7 heteroatoms. The van der Waals surface area contributed by atoms with Crippen molar-refractivity contribution in [1.82, 2.24) is 9.88 Å². The van der Waals surface area contributed by atoms with Gasteiger partial charge in [-0.25, -0.2) is 0 Å². The fraction of sp³-hybridized carbons (Fsp3) is 0.143. The maximum atomic E-state index is 12.6. The first-order valence-electron chi connectivity index (χ1n) is 8.68. The average molecular weight is 373 g/mol. The third kappa shape index (κ3) is 2.72. The van der Waals surface area contributed by atoms with Crippen molar-refractivity contribution in [2.75, 3.05) is 6.54 Å². The Morgan fingerprint density at radius 3 is 2.57 bits per heavy atom. The second-order valence-electron chi connectivity index (χ2n) is 6.23. The number of likely N-dealkylation sites (N-methyl/N-ethyl adjacent to an activating group) is 1. The van der Waals surface area contributed by atoms with Crippen molar-refractivity contribution in [2.24, 2.45) is 0 Å². The largest absolute Gasteiger partial charge is 0.436 e. The van der Waals surface area contributed by atoms with Crippen molar-refractivity contribution in [3.8, 4) is 17.5 Å². The molecule has 1 aliphatic rings. The summed E-state index contributed by atoms with van der Waals surface area (Å²) in [6.07, 6.45) is 1.50. The van der Waals surface area contributed by atoms with E-state index >= 15 is 0 Å². The SMILES string of the molecule is CCN1C(=O)C(C#N)=C(C)/C(=C/c2cc3oc(-c4ccccc4)nc3o2)C1=O. The third-order valence-corrected chi connectivity index (χ3v) is 4.56. The quantitative estimate of drug-likeness (QED) is 0.512. The monoisotopic (exact) mass is 373 g/mol. The summed E-state index contributed by atoms with van der Waals surface area (Å²) in [6, 6.07) is 12.9. The number of carbonyl (C=O) groups excluding carboxylic acids is 2. The summed E-state index contributed by atoms with van der Waals surface area (Å²) < 4.78 is 11.4. The van der Waals surface area contributed by atoms with Gasteiger partial charge in [-0.1, -0.05) is 18.2 Å². The van der Waals surface area contributed by atoms with E-state index in [1.807, 2.05) is 36.4 Å². The zero-order valence-corrected chi connectivity index (χ0v) is 15.2. The Bertz CT molecular complexity index is 1170. The summed E-state index contributed by atoms with van der Waals surface area (Å²) in [5.74, 6) is -0.249. The number of furan rings is 1. The summed E-state index contributed by atoms with van der Waals surface area (Å²) in [7, 11) is 0. The lowest BCUT2D eigenvalue weighted by Crippen LogP contribution is -2.42. The van der Waals surface area contributed by atoms with Crippen molar-refractivity contribution in [2.45, 2.75) is 13.8 Å². The summed E-state index contributed by atoms with van der Waals surface area (Å²) >= 11 is 0. The Morgan fingerprint density at radius 1 is 1.18 bits per heavy atom. The van der Waals surface area contributed by atoms with Crippen LogP contribution in [0.15, 0.2) is 62.0 Å². The molecule has 28 heavy (non-hydrogen) atoms. The molecule has 138 valence electrons. The number of nitriles is 1. The molecule has 0 saturated heterocycles.